The molecule has 0 amide bonds. The summed E-state index contributed by atoms with van der Waals surface area (Å²) < 4.78 is 0. The van der Waals surface area contributed by atoms with Crippen LogP contribution in [0.5, 0.6) is 0 Å². The Balaban J connectivity index is 1.92. The fraction of sp³-hybridized carbons (Fsp3) is 0.385. The minimum absolute atomic E-state index is 0.311. The quantitative estimate of drug-likeness (QED) is 0.828. The molecule has 2 aromatic rings. The van der Waals surface area contributed by atoms with Crippen molar-refractivity contribution < 1.29 is 0 Å². The van der Waals surface area contributed by atoms with E-state index in [1.54, 1.807) is 0 Å². The van der Waals surface area contributed by atoms with E-state index in [1.807, 2.05) is 0 Å². The van der Waals surface area contributed by atoms with Crippen molar-refractivity contribution in [2.45, 2.75) is 32.9 Å². The van der Waals surface area contributed by atoms with E-state index in [2.05, 4.69) is 58.6 Å². The minimum Gasteiger partial charge on any atom is -0.303 e. The molecule has 4 nitrogen and oxygen atoms in total. The second-order valence-corrected chi connectivity index (χ2v) is 4.13. The molecule has 0 aliphatic heterocycles. The smallest absolute Gasteiger partial charge is 0.138 e. The molecule has 0 bridgehead atoms. The van der Waals surface area contributed by atoms with Gasteiger partial charge in [0.15, 0.2) is 0 Å². The highest BCUT2D eigenvalue weighted by atomic mass is 15.2. The number of aromatic amines is 1. The van der Waals surface area contributed by atoms with Crippen molar-refractivity contribution in [3.63, 3.8) is 0 Å². The highest BCUT2D eigenvalue weighted by molar-refractivity contribution is 5.24. The van der Waals surface area contributed by atoms with Gasteiger partial charge in [-0.15, -0.1) is 0 Å². The Bertz CT molecular complexity index is 433. The van der Waals surface area contributed by atoms with Gasteiger partial charge >= 0.3 is 0 Å². The van der Waals surface area contributed by atoms with Gasteiger partial charge in [0.1, 0.15) is 12.2 Å². The topological polar surface area (TPSA) is 53.6 Å². The molecule has 1 aromatic carbocycles. The maximum absolute atomic E-state index is 4.08. The fourth-order valence-corrected chi connectivity index (χ4v) is 1.73. The molecule has 0 aliphatic carbocycles. The Labute approximate surface area is 101 Å². The van der Waals surface area contributed by atoms with Crippen LogP contribution in [-0.4, -0.2) is 15.2 Å². The van der Waals surface area contributed by atoms with Crippen LogP contribution in [0.3, 0.4) is 0 Å². The van der Waals surface area contributed by atoms with Gasteiger partial charge in [0.05, 0.1) is 6.54 Å². The van der Waals surface area contributed by atoms with Crippen LogP contribution < -0.4 is 5.32 Å². The molecule has 2 rings (SSSR count). The molecule has 0 saturated carbocycles. The summed E-state index contributed by atoms with van der Waals surface area (Å²) in [5.74, 6) is 0.863. The molecule has 0 aliphatic rings. The first-order chi connectivity index (χ1) is 8.29. The second kappa shape index (κ2) is 5.59. The zero-order valence-electron chi connectivity index (χ0n) is 10.3. The summed E-state index contributed by atoms with van der Waals surface area (Å²) in [7, 11) is 0. The number of nitrogens with zero attached hydrogens (tertiary/aromatic N) is 2. The van der Waals surface area contributed by atoms with Crippen LogP contribution in [0.4, 0.5) is 0 Å². The van der Waals surface area contributed by atoms with Gasteiger partial charge in [-0.1, -0.05) is 31.2 Å². The molecule has 17 heavy (non-hydrogen) atoms. The Morgan fingerprint density at radius 2 is 2.06 bits per heavy atom. The highest BCUT2D eigenvalue weighted by Gasteiger charge is 2.05. The fourth-order valence-electron chi connectivity index (χ4n) is 1.73. The number of nitrogens with one attached hydrogen (secondary N) is 2. The van der Waals surface area contributed by atoms with Crippen LogP contribution in [0.25, 0.3) is 0 Å². The normalized spacial score (nSPS) is 12.6. The summed E-state index contributed by atoms with van der Waals surface area (Å²) in [6.45, 7) is 5.02. The van der Waals surface area contributed by atoms with Crippen molar-refractivity contribution in [2.24, 2.45) is 0 Å². The van der Waals surface area contributed by atoms with Gasteiger partial charge in [-0.25, -0.2) is 4.98 Å². The Kier molecular flexibility index (Phi) is 3.88. The molecule has 1 unspecified atom stereocenters. The van der Waals surface area contributed by atoms with Crippen molar-refractivity contribution in [1.82, 2.24) is 20.5 Å². The average molecular weight is 230 g/mol. The first-order valence-electron chi connectivity index (χ1n) is 5.96. The Morgan fingerprint density at radius 1 is 1.29 bits per heavy atom. The third-order valence-corrected chi connectivity index (χ3v) is 2.93. The van der Waals surface area contributed by atoms with Crippen molar-refractivity contribution in [1.29, 1.82) is 0 Å². The Hall–Kier alpha value is -1.68. The van der Waals surface area contributed by atoms with Gasteiger partial charge in [0, 0.05) is 6.04 Å². The molecule has 0 spiro atoms. The number of H-pyrrole nitrogens is 1. The van der Waals surface area contributed by atoms with Crippen LogP contribution in [0.15, 0.2) is 30.6 Å². The summed E-state index contributed by atoms with van der Waals surface area (Å²) in [6.07, 6.45) is 2.61. The molecule has 1 heterocycles. The maximum Gasteiger partial charge on any atom is 0.138 e. The van der Waals surface area contributed by atoms with Crippen LogP contribution in [0, 0.1) is 0 Å². The molecule has 90 valence electrons. The summed E-state index contributed by atoms with van der Waals surface area (Å²) >= 11 is 0. The molecule has 0 radical (unpaired) electrons. The van der Waals surface area contributed by atoms with E-state index in [9.17, 15) is 0 Å². The predicted molar refractivity (Wildman–Crippen MR) is 67.5 cm³/mol. The van der Waals surface area contributed by atoms with E-state index < -0.39 is 0 Å². The molecule has 1 atom stereocenters. The molecule has 2 N–H and O–H groups in total. The van der Waals surface area contributed by atoms with E-state index in [-0.39, 0.29) is 0 Å². The number of rotatable bonds is 5. The Morgan fingerprint density at radius 3 is 2.65 bits per heavy atom. The number of aromatic nitrogens is 3. The van der Waals surface area contributed by atoms with E-state index in [0.717, 1.165) is 12.2 Å². The molecular formula is C13H18N4. The predicted octanol–water partition coefficient (Wildman–Crippen LogP) is 2.22. The summed E-state index contributed by atoms with van der Waals surface area (Å²) in [4.78, 5) is 4.08. The van der Waals surface area contributed by atoms with Crippen molar-refractivity contribution in [3.8, 4) is 0 Å². The number of aryl methyl sites for hydroxylation is 1. The van der Waals surface area contributed by atoms with Crippen molar-refractivity contribution >= 4 is 0 Å². The molecule has 0 saturated heterocycles. The summed E-state index contributed by atoms with van der Waals surface area (Å²) in [6, 6.07) is 9.03. The molecular weight excluding hydrogens is 212 g/mol. The van der Waals surface area contributed by atoms with Crippen molar-refractivity contribution in [2.75, 3.05) is 0 Å². The molecule has 4 heteroatoms. The highest BCUT2D eigenvalue weighted by Crippen LogP contribution is 2.13. The lowest BCUT2D eigenvalue weighted by Crippen LogP contribution is -2.18. The number of hydrogen-bond donors (Lipinski definition) is 2. The minimum atomic E-state index is 0.311. The lowest BCUT2D eigenvalue weighted by Gasteiger charge is -2.13. The monoisotopic (exact) mass is 230 g/mol. The first-order valence-corrected chi connectivity index (χ1v) is 5.96. The number of hydrogen-bond acceptors (Lipinski definition) is 3. The zero-order chi connectivity index (χ0) is 12.1. The van der Waals surface area contributed by atoms with E-state index in [1.165, 1.54) is 17.5 Å². The maximum atomic E-state index is 4.08. The largest absolute Gasteiger partial charge is 0.303 e. The lowest BCUT2D eigenvalue weighted by atomic mass is 10.1. The van der Waals surface area contributed by atoms with Crippen LogP contribution >= 0.6 is 0 Å². The average Bonchev–Trinajstić information content (AvgIpc) is 2.89. The van der Waals surface area contributed by atoms with Gasteiger partial charge in [0.2, 0.25) is 0 Å². The van der Waals surface area contributed by atoms with Gasteiger partial charge in [-0.2, -0.15) is 5.10 Å². The SMILES string of the molecule is CCc1ccc(C(C)NCc2ncn[nH]2)cc1. The lowest BCUT2D eigenvalue weighted by molar-refractivity contribution is 0.560. The van der Waals surface area contributed by atoms with Crippen LogP contribution in [0.2, 0.25) is 0 Å². The van der Waals surface area contributed by atoms with Crippen LogP contribution in [-0.2, 0) is 13.0 Å². The van der Waals surface area contributed by atoms with E-state index in [0.29, 0.717) is 12.6 Å². The second-order valence-electron chi connectivity index (χ2n) is 4.13. The van der Waals surface area contributed by atoms with Gasteiger partial charge in [-0.05, 0) is 24.5 Å². The molecule has 1 aromatic heterocycles. The third kappa shape index (κ3) is 3.14. The first kappa shape index (κ1) is 11.8. The number of benzene rings is 1. The third-order valence-electron chi connectivity index (χ3n) is 2.93. The van der Waals surface area contributed by atoms with E-state index in [4.69, 9.17) is 0 Å². The van der Waals surface area contributed by atoms with Crippen molar-refractivity contribution in [3.05, 3.63) is 47.5 Å². The summed E-state index contributed by atoms with van der Waals surface area (Å²) in [5.41, 5.74) is 2.66. The van der Waals surface area contributed by atoms with Gasteiger partial charge in [0.25, 0.3) is 0 Å². The van der Waals surface area contributed by atoms with Crippen LogP contribution in [0.1, 0.15) is 36.8 Å². The summed E-state index contributed by atoms with van der Waals surface area (Å²) in [5, 5.41) is 10.1. The standard InChI is InChI=1S/C13H18N4/c1-3-11-4-6-12(7-5-11)10(2)14-8-13-15-9-16-17-13/h4-7,9-10,14H,3,8H2,1-2H3,(H,15,16,17). The van der Waals surface area contributed by atoms with Gasteiger partial charge < -0.3 is 5.32 Å². The molecule has 0 fully saturated rings. The van der Waals surface area contributed by atoms with E-state index >= 15 is 0 Å². The zero-order valence-corrected chi connectivity index (χ0v) is 10.3. The van der Waals surface area contributed by atoms with Gasteiger partial charge in [-0.3, -0.25) is 5.10 Å².